The molecule has 1 aromatic heterocycles. The lowest BCUT2D eigenvalue weighted by atomic mass is 10.1. The van der Waals surface area contributed by atoms with Crippen molar-refractivity contribution in [3.63, 3.8) is 0 Å². The van der Waals surface area contributed by atoms with Gasteiger partial charge in [0.2, 0.25) is 15.9 Å². The second-order valence-corrected chi connectivity index (χ2v) is 6.61. The Bertz CT molecular complexity index is 768. The molecule has 0 aliphatic rings. The molecule has 0 amide bonds. The van der Waals surface area contributed by atoms with Crippen LogP contribution in [0.3, 0.4) is 0 Å². The number of carbonyl (C=O) groups excluding carboxylic acids is 1. The predicted octanol–water partition coefficient (Wildman–Crippen LogP) is 0.962. The van der Waals surface area contributed by atoms with Crippen LogP contribution in [-0.2, 0) is 32.6 Å². The standard InChI is InChI=1S/C14H17N3O5S/c1-10-16-17-13(22-10)9-21-14(18)8-5-11-3-6-12(7-4-11)23(19,20)15-2/h3-4,6-7,15H,5,8-9H2,1-2H3. The molecule has 0 bridgehead atoms. The van der Waals surface area contributed by atoms with Gasteiger partial charge in [-0.3, -0.25) is 4.79 Å². The lowest BCUT2D eigenvalue weighted by Gasteiger charge is -2.05. The minimum Gasteiger partial charge on any atom is -0.456 e. The summed E-state index contributed by atoms with van der Waals surface area (Å²) in [6, 6.07) is 6.32. The number of benzene rings is 1. The van der Waals surface area contributed by atoms with Crippen molar-refractivity contribution in [3.8, 4) is 0 Å². The average Bonchev–Trinajstić information content (AvgIpc) is 2.97. The molecular weight excluding hydrogens is 322 g/mol. The zero-order valence-electron chi connectivity index (χ0n) is 12.8. The normalized spacial score (nSPS) is 11.4. The van der Waals surface area contributed by atoms with Crippen molar-refractivity contribution in [2.24, 2.45) is 0 Å². The summed E-state index contributed by atoms with van der Waals surface area (Å²) in [5, 5.41) is 7.35. The zero-order chi connectivity index (χ0) is 16.9. The van der Waals surface area contributed by atoms with Crippen molar-refractivity contribution in [2.45, 2.75) is 31.3 Å². The first-order valence-electron chi connectivity index (χ1n) is 6.88. The van der Waals surface area contributed by atoms with Gasteiger partial charge in [0.1, 0.15) is 0 Å². The summed E-state index contributed by atoms with van der Waals surface area (Å²) in [7, 11) is -2.10. The van der Waals surface area contributed by atoms with Crippen molar-refractivity contribution >= 4 is 16.0 Å². The smallest absolute Gasteiger partial charge is 0.306 e. The third-order valence-electron chi connectivity index (χ3n) is 3.04. The second kappa shape index (κ2) is 7.34. The first-order valence-corrected chi connectivity index (χ1v) is 8.36. The third kappa shape index (κ3) is 4.86. The molecule has 1 N–H and O–H groups in total. The molecule has 8 nitrogen and oxygen atoms in total. The molecule has 1 aromatic carbocycles. The molecule has 0 fully saturated rings. The topological polar surface area (TPSA) is 111 Å². The van der Waals surface area contributed by atoms with Gasteiger partial charge in [-0.05, 0) is 31.2 Å². The summed E-state index contributed by atoms with van der Waals surface area (Å²) in [5.41, 5.74) is 0.839. The van der Waals surface area contributed by atoms with Crippen LogP contribution in [0, 0.1) is 6.92 Å². The molecule has 0 saturated heterocycles. The van der Waals surface area contributed by atoms with E-state index >= 15 is 0 Å². The summed E-state index contributed by atoms with van der Waals surface area (Å²) < 4.78 is 35.5. The molecule has 0 atom stereocenters. The molecule has 1 heterocycles. The molecule has 2 rings (SSSR count). The molecule has 0 aliphatic carbocycles. The highest BCUT2D eigenvalue weighted by Crippen LogP contribution is 2.12. The molecule has 23 heavy (non-hydrogen) atoms. The van der Waals surface area contributed by atoms with Gasteiger partial charge in [0.05, 0.1) is 4.90 Å². The summed E-state index contributed by atoms with van der Waals surface area (Å²) in [4.78, 5) is 11.8. The predicted molar refractivity (Wildman–Crippen MR) is 79.8 cm³/mol. The van der Waals surface area contributed by atoms with Crippen LogP contribution in [0.4, 0.5) is 0 Å². The number of aromatic nitrogens is 2. The van der Waals surface area contributed by atoms with E-state index in [0.717, 1.165) is 5.56 Å². The van der Waals surface area contributed by atoms with Gasteiger partial charge in [-0.15, -0.1) is 10.2 Å². The van der Waals surface area contributed by atoms with Crippen LogP contribution >= 0.6 is 0 Å². The minimum atomic E-state index is -3.45. The fourth-order valence-corrected chi connectivity index (χ4v) is 2.54. The lowest BCUT2D eigenvalue weighted by molar-refractivity contribution is -0.145. The minimum absolute atomic E-state index is 0.0565. The van der Waals surface area contributed by atoms with Gasteiger partial charge < -0.3 is 9.15 Å². The van der Waals surface area contributed by atoms with Gasteiger partial charge in [-0.1, -0.05) is 12.1 Å². The van der Waals surface area contributed by atoms with Crippen LogP contribution in [0.2, 0.25) is 0 Å². The van der Waals surface area contributed by atoms with Crippen LogP contribution < -0.4 is 4.72 Å². The lowest BCUT2D eigenvalue weighted by Crippen LogP contribution is -2.18. The number of hydrogen-bond donors (Lipinski definition) is 1. The Hall–Kier alpha value is -2.26. The first kappa shape index (κ1) is 17.1. The van der Waals surface area contributed by atoms with Crippen LogP contribution in [0.25, 0.3) is 0 Å². The molecule has 0 spiro atoms. The number of hydrogen-bond acceptors (Lipinski definition) is 7. The summed E-state index contributed by atoms with van der Waals surface area (Å²) >= 11 is 0. The maximum atomic E-state index is 11.7. The largest absolute Gasteiger partial charge is 0.456 e. The van der Waals surface area contributed by atoms with Crippen molar-refractivity contribution in [1.29, 1.82) is 0 Å². The highest BCUT2D eigenvalue weighted by atomic mass is 32.2. The molecule has 2 aromatic rings. The van der Waals surface area contributed by atoms with Gasteiger partial charge in [-0.25, -0.2) is 13.1 Å². The number of nitrogens with one attached hydrogen (secondary N) is 1. The highest BCUT2D eigenvalue weighted by Gasteiger charge is 2.11. The number of sulfonamides is 1. The Morgan fingerprint density at radius 2 is 1.96 bits per heavy atom. The Balaban J connectivity index is 1.82. The maximum absolute atomic E-state index is 11.7. The van der Waals surface area contributed by atoms with E-state index in [0.29, 0.717) is 12.3 Å². The Morgan fingerprint density at radius 3 is 2.52 bits per heavy atom. The van der Waals surface area contributed by atoms with Crippen molar-refractivity contribution in [3.05, 3.63) is 41.6 Å². The van der Waals surface area contributed by atoms with E-state index < -0.39 is 16.0 Å². The Kier molecular flexibility index (Phi) is 5.45. The monoisotopic (exact) mass is 339 g/mol. The molecule has 0 aliphatic heterocycles. The summed E-state index contributed by atoms with van der Waals surface area (Å²) in [6.07, 6.45) is 0.618. The van der Waals surface area contributed by atoms with Crippen LogP contribution in [0.5, 0.6) is 0 Å². The van der Waals surface area contributed by atoms with Crippen LogP contribution in [0.1, 0.15) is 23.8 Å². The molecule has 0 unspecified atom stereocenters. The van der Waals surface area contributed by atoms with E-state index in [2.05, 4.69) is 14.9 Å². The van der Waals surface area contributed by atoms with Crippen molar-refractivity contribution in [1.82, 2.24) is 14.9 Å². The van der Waals surface area contributed by atoms with Gasteiger partial charge in [0, 0.05) is 13.3 Å². The SMILES string of the molecule is CNS(=O)(=O)c1ccc(CCC(=O)OCc2nnc(C)o2)cc1. The number of ether oxygens (including phenoxy) is 1. The quantitative estimate of drug-likeness (QED) is 0.748. The molecular formula is C14H17N3O5S. The number of carbonyl (C=O) groups is 1. The molecule has 124 valence electrons. The molecule has 0 radical (unpaired) electrons. The third-order valence-corrected chi connectivity index (χ3v) is 4.47. The van der Waals surface area contributed by atoms with Gasteiger partial charge >= 0.3 is 5.97 Å². The first-order chi connectivity index (χ1) is 10.9. The fourth-order valence-electron chi connectivity index (χ4n) is 1.81. The fraction of sp³-hybridized carbons (Fsp3) is 0.357. The highest BCUT2D eigenvalue weighted by molar-refractivity contribution is 7.89. The van der Waals surface area contributed by atoms with Crippen molar-refractivity contribution < 1.29 is 22.4 Å². The van der Waals surface area contributed by atoms with Gasteiger partial charge in [0.15, 0.2) is 6.61 Å². The number of rotatable bonds is 7. The average molecular weight is 339 g/mol. The molecule has 9 heteroatoms. The van der Waals surface area contributed by atoms with Crippen molar-refractivity contribution in [2.75, 3.05) is 7.05 Å². The van der Waals surface area contributed by atoms with E-state index in [1.54, 1.807) is 19.1 Å². The van der Waals surface area contributed by atoms with Crippen LogP contribution in [-0.4, -0.2) is 31.6 Å². The van der Waals surface area contributed by atoms with Crippen LogP contribution in [0.15, 0.2) is 33.6 Å². The van der Waals surface area contributed by atoms with Gasteiger partial charge in [0.25, 0.3) is 5.89 Å². The second-order valence-electron chi connectivity index (χ2n) is 4.73. The van der Waals surface area contributed by atoms with Gasteiger partial charge in [-0.2, -0.15) is 0 Å². The zero-order valence-corrected chi connectivity index (χ0v) is 13.6. The van der Waals surface area contributed by atoms with E-state index in [4.69, 9.17) is 9.15 Å². The summed E-state index contributed by atoms with van der Waals surface area (Å²) in [5.74, 6) is 0.262. The Morgan fingerprint density at radius 1 is 1.26 bits per heavy atom. The van der Waals surface area contributed by atoms with E-state index in [-0.39, 0.29) is 23.8 Å². The molecule has 0 saturated carbocycles. The number of esters is 1. The Labute approximate surface area is 133 Å². The maximum Gasteiger partial charge on any atom is 0.306 e. The van der Waals surface area contributed by atoms with E-state index in [9.17, 15) is 13.2 Å². The number of nitrogens with zero attached hydrogens (tertiary/aromatic N) is 2. The van der Waals surface area contributed by atoms with E-state index in [1.807, 2.05) is 0 Å². The summed E-state index contributed by atoms with van der Waals surface area (Å²) in [6.45, 7) is 1.59. The van der Waals surface area contributed by atoms with E-state index in [1.165, 1.54) is 19.2 Å². The number of aryl methyl sites for hydroxylation is 2.